The number of halogens is 2. The Labute approximate surface area is 212 Å². The number of hydrogen-bond acceptors (Lipinski definition) is 6. The molecular weight excluding hydrogens is 481 g/mol. The van der Waals surface area contributed by atoms with Crippen LogP contribution < -0.4 is 4.74 Å². The maximum absolute atomic E-state index is 13.7. The van der Waals surface area contributed by atoms with E-state index >= 15 is 0 Å². The molecule has 0 amide bonds. The minimum Gasteiger partial charge on any atom is -0.484 e. The van der Waals surface area contributed by atoms with Crippen LogP contribution in [0.1, 0.15) is 29.8 Å². The number of nitrogens with zero attached hydrogens (tertiary/aromatic N) is 7. The molecule has 36 heavy (non-hydrogen) atoms. The minimum absolute atomic E-state index is 0.318. The zero-order valence-electron chi connectivity index (χ0n) is 20.2. The predicted octanol–water partition coefficient (Wildman–Crippen LogP) is 5.44. The normalized spacial score (nSPS) is 12.1. The van der Waals surface area contributed by atoms with Crippen molar-refractivity contribution in [1.29, 1.82) is 5.26 Å². The fourth-order valence-corrected chi connectivity index (χ4v) is 4.66. The molecule has 1 unspecified atom stereocenters. The van der Waals surface area contributed by atoms with Gasteiger partial charge in [0.1, 0.15) is 23.2 Å². The van der Waals surface area contributed by atoms with E-state index in [9.17, 15) is 9.65 Å². The van der Waals surface area contributed by atoms with Crippen molar-refractivity contribution in [3.63, 3.8) is 0 Å². The summed E-state index contributed by atoms with van der Waals surface area (Å²) >= 11 is 6.48. The predicted molar refractivity (Wildman–Crippen MR) is 135 cm³/mol. The first-order chi connectivity index (χ1) is 17.3. The summed E-state index contributed by atoms with van der Waals surface area (Å²) in [5.74, 6) is 0.212. The van der Waals surface area contributed by atoms with Crippen LogP contribution in [0, 0.1) is 24.2 Å². The summed E-state index contributed by atoms with van der Waals surface area (Å²) in [6.07, 6.45) is 8.49. The van der Waals surface area contributed by atoms with Crippen LogP contribution in [0.3, 0.4) is 0 Å². The average molecular weight is 504 g/mol. The third-order valence-electron chi connectivity index (χ3n) is 6.29. The number of fused-ring (bicyclic) bond motifs is 2. The molecule has 0 saturated heterocycles. The van der Waals surface area contributed by atoms with Gasteiger partial charge >= 0.3 is 0 Å². The molecule has 1 atom stereocenters. The highest BCUT2D eigenvalue weighted by atomic mass is 35.5. The van der Waals surface area contributed by atoms with Crippen LogP contribution in [0.2, 0.25) is 5.02 Å². The van der Waals surface area contributed by atoms with Crippen molar-refractivity contribution in [2.75, 3.05) is 7.05 Å². The molecule has 0 saturated carbocycles. The summed E-state index contributed by atoms with van der Waals surface area (Å²) < 4.78 is 23.6. The number of pyridine rings is 2. The van der Waals surface area contributed by atoms with E-state index in [1.807, 2.05) is 33.2 Å². The van der Waals surface area contributed by atoms with Gasteiger partial charge in [-0.15, -0.1) is 0 Å². The third-order valence-corrected chi connectivity index (χ3v) is 6.56. The van der Waals surface area contributed by atoms with Gasteiger partial charge in [-0.05, 0) is 37.4 Å². The topological polar surface area (TPSA) is 84.3 Å². The Balaban J connectivity index is 1.59. The second-order valence-corrected chi connectivity index (χ2v) is 9.14. The molecule has 182 valence electrons. The molecule has 0 aliphatic rings. The van der Waals surface area contributed by atoms with Crippen LogP contribution >= 0.6 is 11.6 Å². The maximum Gasteiger partial charge on any atom is 0.179 e. The monoisotopic (exact) mass is 503 g/mol. The number of aromatic nitrogens is 5. The van der Waals surface area contributed by atoms with Gasteiger partial charge in [0.2, 0.25) is 0 Å². The zero-order valence-corrected chi connectivity index (χ0v) is 21.0. The smallest absolute Gasteiger partial charge is 0.179 e. The molecule has 0 bridgehead atoms. The van der Waals surface area contributed by atoms with Crippen molar-refractivity contribution >= 4 is 27.9 Å². The highest BCUT2D eigenvalue weighted by Gasteiger charge is 2.21. The van der Waals surface area contributed by atoms with Gasteiger partial charge < -0.3 is 9.64 Å². The van der Waals surface area contributed by atoms with Crippen molar-refractivity contribution in [3.8, 4) is 23.2 Å². The van der Waals surface area contributed by atoms with Gasteiger partial charge in [0.25, 0.3) is 0 Å². The van der Waals surface area contributed by atoms with Gasteiger partial charge in [0, 0.05) is 54.8 Å². The van der Waals surface area contributed by atoms with Gasteiger partial charge in [-0.1, -0.05) is 17.7 Å². The van der Waals surface area contributed by atoms with E-state index in [-0.39, 0.29) is 5.82 Å². The fraction of sp³-hybridized carbons (Fsp3) is 0.231. The Bertz CT molecular complexity index is 1650. The molecule has 5 aromatic rings. The molecule has 10 heteroatoms. The summed E-state index contributed by atoms with van der Waals surface area (Å²) in [4.78, 5) is 5.82. The van der Waals surface area contributed by atoms with E-state index < -0.39 is 6.10 Å². The molecule has 5 rings (SSSR count). The Morgan fingerprint density at radius 3 is 2.83 bits per heavy atom. The summed E-state index contributed by atoms with van der Waals surface area (Å²) in [5, 5.41) is 20.3. The molecule has 4 heterocycles. The SMILES string of the molecule is Cc1c(-c2cc(OC(C)c3cncc4cc(F)ccc34)c3c(Cl)cnn3c2)nn(C)c1CN(C)C#N. The van der Waals surface area contributed by atoms with Crippen LogP contribution in [0.5, 0.6) is 5.75 Å². The molecular formula is C26H23ClFN7O. The first-order valence-corrected chi connectivity index (χ1v) is 11.6. The lowest BCUT2D eigenvalue weighted by atomic mass is 10.0. The van der Waals surface area contributed by atoms with Crippen LogP contribution in [0.25, 0.3) is 27.5 Å². The van der Waals surface area contributed by atoms with E-state index in [1.165, 1.54) is 12.1 Å². The van der Waals surface area contributed by atoms with Gasteiger partial charge in [-0.2, -0.15) is 15.5 Å². The number of benzene rings is 1. The number of hydrogen-bond donors (Lipinski definition) is 0. The maximum atomic E-state index is 13.7. The van der Waals surface area contributed by atoms with Gasteiger partial charge in [0.05, 0.1) is 29.2 Å². The number of ether oxygens (including phenoxy) is 1. The first kappa shape index (κ1) is 23.6. The van der Waals surface area contributed by atoms with E-state index in [0.717, 1.165) is 33.5 Å². The lowest BCUT2D eigenvalue weighted by Gasteiger charge is -2.18. The van der Waals surface area contributed by atoms with Crippen LogP contribution in [-0.2, 0) is 13.6 Å². The second-order valence-electron chi connectivity index (χ2n) is 8.73. The minimum atomic E-state index is -0.415. The fourth-order valence-electron chi connectivity index (χ4n) is 4.44. The molecule has 0 N–H and O–H groups in total. The molecule has 1 aromatic carbocycles. The van der Waals surface area contributed by atoms with Gasteiger partial charge in [-0.25, -0.2) is 8.91 Å². The Morgan fingerprint density at radius 2 is 2.06 bits per heavy atom. The number of aryl methyl sites for hydroxylation is 1. The summed E-state index contributed by atoms with van der Waals surface area (Å²) in [6.45, 7) is 4.33. The van der Waals surface area contributed by atoms with Crippen molar-refractivity contribution in [1.82, 2.24) is 29.3 Å². The van der Waals surface area contributed by atoms with Gasteiger partial charge in [0.15, 0.2) is 6.19 Å². The molecule has 8 nitrogen and oxygen atoms in total. The molecule has 0 spiro atoms. The van der Waals surface area contributed by atoms with Crippen molar-refractivity contribution in [3.05, 3.63) is 76.7 Å². The van der Waals surface area contributed by atoms with E-state index in [0.29, 0.717) is 28.2 Å². The highest BCUT2D eigenvalue weighted by molar-refractivity contribution is 6.34. The number of nitriles is 1. The standard InChI is InChI=1S/C26H23ClFN7O/c1-15-23(13-33(3)14-29)34(4)32-25(15)18-8-24(26-22(27)11-31-35(26)12-18)36-16(2)21-10-30-9-17-7-19(28)5-6-20(17)21/h5-12,16H,13H2,1-4H3. The van der Waals surface area contributed by atoms with Crippen LogP contribution in [-0.4, -0.2) is 36.3 Å². The Morgan fingerprint density at radius 1 is 1.25 bits per heavy atom. The number of rotatable bonds is 6. The Hall–Kier alpha value is -4.16. The molecule has 0 aliphatic carbocycles. The summed E-state index contributed by atoms with van der Waals surface area (Å²) in [6, 6.07) is 6.51. The van der Waals surface area contributed by atoms with Gasteiger partial charge in [-0.3, -0.25) is 9.67 Å². The summed E-state index contributed by atoms with van der Waals surface area (Å²) in [5.41, 5.74) is 4.88. The molecule has 0 radical (unpaired) electrons. The highest BCUT2D eigenvalue weighted by Crippen LogP contribution is 2.36. The third kappa shape index (κ3) is 4.10. The lowest BCUT2D eigenvalue weighted by molar-refractivity contribution is 0.230. The average Bonchev–Trinajstić information content (AvgIpc) is 3.37. The summed E-state index contributed by atoms with van der Waals surface area (Å²) in [7, 11) is 3.59. The molecule has 0 fully saturated rings. The van der Waals surface area contributed by atoms with E-state index in [2.05, 4.69) is 16.3 Å². The quantitative estimate of drug-likeness (QED) is 0.227. The zero-order chi connectivity index (χ0) is 25.6. The van der Waals surface area contributed by atoms with Crippen LogP contribution in [0.15, 0.2) is 49.1 Å². The largest absolute Gasteiger partial charge is 0.484 e. The van der Waals surface area contributed by atoms with Crippen molar-refractivity contribution in [2.24, 2.45) is 7.05 Å². The first-order valence-electron chi connectivity index (χ1n) is 11.3. The van der Waals surface area contributed by atoms with Crippen LogP contribution in [0.4, 0.5) is 4.39 Å². The lowest BCUT2D eigenvalue weighted by Crippen LogP contribution is -2.14. The second kappa shape index (κ2) is 9.13. The molecule has 4 aromatic heterocycles. The van der Waals surface area contributed by atoms with Crippen molar-refractivity contribution < 1.29 is 9.13 Å². The van der Waals surface area contributed by atoms with E-state index in [1.54, 1.807) is 45.8 Å². The van der Waals surface area contributed by atoms with E-state index in [4.69, 9.17) is 21.4 Å². The molecule has 0 aliphatic heterocycles. The Kier molecular flexibility index (Phi) is 5.98. The van der Waals surface area contributed by atoms with Crippen molar-refractivity contribution in [2.45, 2.75) is 26.5 Å².